The molecule has 1 aromatic heterocycles. The number of primary amides is 1. The van der Waals surface area contributed by atoms with Crippen LogP contribution in [0.25, 0.3) is 0 Å². The Labute approximate surface area is 113 Å². The molecule has 0 aliphatic rings. The number of ether oxygens (including phenoxy) is 1. The number of amides is 1. The van der Waals surface area contributed by atoms with Crippen molar-refractivity contribution >= 4 is 16.7 Å². The predicted molar refractivity (Wildman–Crippen MR) is 73.4 cm³/mol. The lowest BCUT2D eigenvalue weighted by molar-refractivity contribution is -0.117. The van der Waals surface area contributed by atoms with Gasteiger partial charge in [-0.15, -0.1) is 0 Å². The molecule has 1 rings (SSSR count). The van der Waals surface area contributed by atoms with Crippen molar-refractivity contribution in [3.05, 3.63) is 28.2 Å². The van der Waals surface area contributed by atoms with E-state index in [4.69, 9.17) is 10.5 Å². The number of rotatable bonds is 8. The van der Waals surface area contributed by atoms with E-state index >= 15 is 0 Å². The Balaban J connectivity index is 2.60. The van der Waals surface area contributed by atoms with Gasteiger partial charge in [-0.2, -0.15) is 0 Å². The van der Waals surface area contributed by atoms with Gasteiger partial charge in [0.2, 0.25) is 11.3 Å². The van der Waals surface area contributed by atoms with Crippen LogP contribution in [0, 0.1) is 0 Å². The molecule has 0 bridgehead atoms. The molecule has 0 saturated heterocycles. The number of H-pyrrole nitrogens is 1. The maximum absolute atomic E-state index is 11.7. The van der Waals surface area contributed by atoms with E-state index in [1.807, 2.05) is 6.92 Å². The largest absolute Gasteiger partial charge is 0.488 e. The van der Waals surface area contributed by atoms with Gasteiger partial charge in [0.1, 0.15) is 0 Å². The third kappa shape index (κ3) is 5.69. The van der Waals surface area contributed by atoms with Gasteiger partial charge in [0.15, 0.2) is 5.75 Å². The number of carbonyl (C=O) groups excluding carboxylic acids is 1. The van der Waals surface area contributed by atoms with Gasteiger partial charge < -0.3 is 15.5 Å². The minimum absolute atomic E-state index is 0.0779. The van der Waals surface area contributed by atoms with E-state index in [0.717, 1.165) is 6.42 Å². The first kappa shape index (κ1) is 15.4. The van der Waals surface area contributed by atoms with Crippen LogP contribution in [-0.2, 0) is 21.3 Å². The van der Waals surface area contributed by atoms with Crippen molar-refractivity contribution in [1.29, 1.82) is 0 Å². The van der Waals surface area contributed by atoms with Gasteiger partial charge in [0.25, 0.3) is 0 Å². The van der Waals surface area contributed by atoms with E-state index in [9.17, 15) is 13.8 Å². The summed E-state index contributed by atoms with van der Waals surface area (Å²) in [5.74, 6) is 0.167. The number of nitrogens with one attached hydrogen (secondary N) is 1. The number of aromatic nitrogens is 1. The van der Waals surface area contributed by atoms with Gasteiger partial charge in [-0.25, -0.2) is 0 Å². The van der Waals surface area contributed by atoms with Gasteiger partial charge in [-0.05, 0) is 6.42 Å². The van der Waals surface area contributed by atoms with E-state index in [0.29, 0.717) is 12.3 Å². The summed E-state index contributed by atoms with van der Waals surface area (Å²) in [6.45, 7) is 2.43. The summed E-state index contributed by atoms with van der Waals surface area (Å²) in [5.41, 5.74) is 5.29. The Bertz CT molecular complexity index is 513. The monoisotopic (exact) mass is 286 g/mol. The molecule has 0 aromatic carbocycles. The normalized spacial score (nSPS) is 12.1. The number of aromatic amines is 1. The molecule has 1 aromatic rings. The Hall–Kier alpha value is -1.63. The molecule has 0 radical (unpaired) electrons. The van der Waals surface area contributed by atoms with Crippen LogP contribution < -0.4 is 15.9 Å². The fourth-order valence-electron chi connectivity index (χ4n) is 1.37. The molecule has 0 aliphatic heterocycles. The molecule has 1 amide bonds. The number of nitrogens with two attached hydrogens (primary N) is 1. The van der Waals surface area contributed by atoms with E-state index < -0.39 is 16.7 Å². The van der Waals surface area contributed by atoms with Crippen LogP contribution in [0.4, 0.5) is 0 Å². The Morgan fingerprint density at radius 3 is 2.84 bits per heavy atom. The quantitative estimate of drug-likeness (QED) is 0.717. The average molecular weight is 286 g/mol. The number of hydrogen-bond donors (Lipinski definition) is 2. The smallest absolute Gasteiger partial charge is 0.223 e. The predicted octanol–water partition coefficient (Wildman–Crippen LogP) is 0.288. The van der Waals surface area contributed by atoms with E-state index in [-0.39, 0.29) is 29.1 Å². The van der Waals surface area contributed by atoms with E-state index in [1.165, 1.54) is 12.3 Å². The number of pyridine rings is 1. The molecular weight excluding hydrogens is 268 g/mol. The molecule has 7 heteroatoms. The van der Waals surface area contributed by atoms with Gasteiger partial charge in [0, 0.05) is 40.9 Å². The van der Waals surface area contributed by atoms with Crippen LogP contribution in [0.1, 0.15) is 25.5 Å². The molecule has 106 valence electrons. The van der Waals surface area contributed by atoms with Crippen molar-refractivity contribution < 1.29 is 13.7 Å². The molecule has 1 heterocycles. The van der Waals surface area contributed by atoms with Crippen molar-refractivity contribution in [3.8, 4) is 5.75 Å². The summed E-state index contributed by atoms with van der Waals surface area (Å²) < 4.78 is 16.9. The molecule has 3 N–H and O–H groups in total. The van der Waals surface area contributed by atoms with E-state index in [2.05, 4.69) is 4.98 Å². The molecule has 1 unspecified atom stereocenters. The second kappa shape index (κ2) is 7.73. The molecular formula is C12H18N2O4S. The second-order valence-corrected chi connectivity index (χ2v) is 5.62. The van der Waals surface area contributed by atoms with Gasteiger partial charge in [0.05, 0.1) is 12.4 Å². The van der Waals surface area contributed by atoms with Crippen LogP contribution in [0.15, 0.2) is 17.1 Å². The molecule has 0 aliphatic carbocycles. The summed E-state index contributed by atoms with van der Waals surface area (Å²) in [4.78, 5) is 25.1. The zero-order valence-corrected chi connectivity index (χ0v) is 11.6. The van der Waals surface area contributed by atoms with Gasteiger partial charge in [-0.3, -0.25) is 13.8 Å². The van der Waals surface area contributed by atoms with Gasteiger partial charge >= 0.3 is 0 Å². The van der Waals surface area contributed by atoms with Crippen molar-refractivity contribution in [1.82, 2.24) is 4.98 Å². The zero-order valence-electron chi connectivity index (χ0n) is 10.8. The minimum Gasteiger partial charge on any atom is -0.488 e. The Morgan fingerprint density at radius 2 is 2.26 bits per heavy atom. The molecule has 19 heavy (non-hydrogen) atoms. The third-order valence-electron chi connectivity index (χ3n) is 2.29. The summed E-state index contributed by atoms with van der Waals surface area (Å²) in [6.07, 6.45) is 2.37. The number of hydrogen-bond acceptors (Lipinski definition) is 4. The summed E-state index contributed by atoms with van der Waals surface area (Å²) in [6, 6.07) is 1.37. The molecule has 6 nitrogen and oxygen atoms in total. The summed E-state index contributed by atoms with van der Waals surface area (Å²) in [7, 11) is -1.22. The maximum Gasteiger partial charge on any atom is 0.223 e. The lowest BCUT2D eigenvalue weighted by Gasteiger charge is -2.05. The first-order valence-electron chi connectivity index (χ1n) is 6.00. The van der Waals surface area contributed by atoms with Crippen LogP contribution in [-0.4, -0.2) is 27.5 Å². The van der Waals surface area contributed by atoms with Crippen LogP contribution in [0.3, 0.4) is 0 Å². The lowest BCUT2D eigenvalue weighted by Crippen LogP contribution is -2.16. The highest BCUT2D eigenvalue weighted by Crippen LogP contribution is 2.05. The first-order chi connectivity index (χ1) is 9.02. The van der Waals surface area contributed by atoms with Crippen molar-refractivity contribution in [2.24, 2.45) is 5.73 Å². The third-order valence-corrected chi connectivity index (χ3v) is 3.58. The van der Waals surface area contributed by atoms with Crippen LogP contribution >= 0.6 is 0 Å². The van der Waals surface area contributed by atoms with Gasteiger partial charge in [-0.1, -0.05) is 6.92 Å². The fraction of sp³-hybridized carbons (Fsp3) is 0.500. The summed E-state index contributed by atoms with van der Waals surface area (Å²) >= 11 is 0. The second-order valence-electron chi connectivity index (χ2n) is 4.04. The standard InChI is InChI=1S/C12H18N2O4S/c1-2-4-18-11-7-14-9(6-10(11)15)8-19(17)5-3-12(13)16/h6-7H,2-5,8H2,1H3,(H2,13,16)(H,14,15). The van der Waals surface area contributed by atoms with E-state index in [1.54, 1.807) is 0 Å². The highest BCUT2D eigenvalue weighted by Gasteiger charge is 2.07. The Kier molecular flexibility index (Phi) is 6.27. The summed E-state index contributed by atoms with van der Waals surface area (Å²) in [5, 5.41) is 0. The van der Waals surface area contributed by atoms with Crippen molar-refractivity contribution in [2.75, 3.05) is 12.4 Å². The maximum atomic E-state index is 11.7. The van der Waals surface area contributed by atoms with Crippen LogP contribution in [0.2, 0.25) is 0 Å². The van der Waals surface area contributed by atoms with Crippen molar-refractivity contribution in [2.45, 2.75) is 25.5 Å². The fourth-order valence-corrected chi connectivity index (χ4v) is 2.46. The lowest BCUT2D eigenvalue weighted by atomic mass is 10.3. The SMILES string of the molecule is CCCOc1c[nH]c(CS(=O)CCC(N)=O)cc1=O. The molecule has 0 saturated carbocycles. The van der Waals surface area contributed by atoms with Crippen LogP contribution in [0.5, 0.6) is 5.75 Å². The molecule has 0 spiro atoms. The zero-order chi connectivity index (χ0) is 14.3. The first-order valence-corrected chi connectivity index (χ1v) is 7.49. The highest BCUT2D eigenvalue weighted by molar-refractivity contribution is 7.84. The van der Waals surface area contributed by atoms with Crippen molar-refractivity contribution in [3.63, 3.8) is 0 Å². The Morgan fingerprint density at radius 1 is 1.53 bits per heavy atom. The highest BCUT2D eigenvalue weighted by atomic mass is 32.2. The topological polar surface area (TPSA) is 102 Å². The minimum atomic E-state index is -1.22. The number of carbonyl (C=O) groups is 1. The average Bonchev–Trinajstić information content (AvgIpc) is 2.35. The molecule has 0 fully saturated rings. The molecule has 1 atom stereocenters.